The van der Waals surface area contributed by atoms with Crippen LogP contribution in [0.15, 0.2) is 42.5 Å². The maximum atomic E-state index is 14.6. The van der Waals surface area contributed by atoms with Gasteiger partial charge in [-0.25, -0.2) is 13.2 Å². The molecule has 4 rings (SSSR count). The second-order valence-corrected chi connectivity index (χ2v) is 8.30. The lowest BCUT2D eigenvalue weighted by molar-refractivity contribution is -0.0796. The van der Waals surface area contributed by atoms with Crippen molar-refractivity contribution in [2.24, 2.45) is 0 Å². The first-order valence-corrected chi connectivity index (χ1v) is 10.2. The Bertz CT molecular complexity index is 1030. The number of rotatable bonds is 6. The zero-order chi connectivity index (χ0) is 22.2. The molecule has 3 N–H and O–H groups in total. The molecule has 0 radical (unpaired) electrons. The summed E-state index contributed by atoms with van der Waals surface area (Å²) in [7, 11) is 0. The Labute approximate surface area is 178 Å². The summed E-state index contributed by atoms with van der Waals surface area (Å²) >= 11 is 0. The smallest absolute Gasteiger partial charge is 0.256 e. The number of carbonyl (C=O) groups excluding carboxylic acids is 1. The fourth-order valence-corrected chi connectivity index (χ4v) is 3.92. The Morgan fingerprint density at radius 1 is 1.13 bits per heavy atom. The third-order valence-corrected chi connectivity index (χ3v) is 5.69. The molecule has 1 fully saturated rings. The van der Waals surface area contributed by atoms with Crippen LogP contribution in [0, 0.1) is 24.4 Å². The van der Waals surface area contributed by atoms with Crippen molar-refractivity contribution in [3.8, 4) is 0 Å². The summed E-state index contributed by atoms with van der Waals surface area (Å²) < 4.78 is 42.7. The predicted molar refractivity (Wildman–Crippen MR) is 112 cm³/mol. The van der Waals surface area contributed by atoms with E-state index in [9.17, 15) is 23.1 Å². The molecule has 0 aromatic heterocycles. The van der Waals surface area contributed by atoms with Gasteiger partial charge in [0.05, 0.1) is 30.0 Å². The van der Waals surface area contributed by atoms with Gasteiger partial charge in [-0.1, -0.05) is 18.2 Å². The highest BCUT2D eigenvalue weighted by Gasteiger charge is 2.44. The second kappa shape index (κ2) is 8.36. The van der Waals surface area contributed by atoms with Crippen LogP contribution in [0.5, 0.6) is 0 Å². The van der Waals surface area contributed by atoms with Gasteiger partial charge in [-0.15, -0.1) is 0 Å². The van der Waals surface area contributed by atoms with E-state index in [1.807, 2.05) is 0 Å². The van der Waals surface area contributed by atoms with Gasteiger partial charge in [0.1, 0.15) is 11.4 Å². The van der Waals surface area contributed by atoms with Crippen LogP contribution in [0.25, 0.3) is 0 Å². The first kappa shape index (κ1) is 21.4. The average Bonchev–Trinajstić information content (AvgIpc) is 3.23. The van der Waals surface area contributed by atoms with Gasteiger partial charge >= 0.3 is 0 Å². The molecule has 5 nitrogen and oxygen atoms in total. The first-order chi connectivity index (χ1) is 14.8. The monoisotopic (exact) mass is 431 g/mol. The van der Waals surface area contributed by atoms with Gasteiger partial charge in [0.2, 0.25) is 0 Å². The molecule has 0 saturated carbocycles. The van der Waals surface area contributed by atoms with E-state index in [0.717, 1.165) is 25.0 Å². The van der Waals surface area contributed by atoms with E-state index in [0.29, 0.717) is 12.1 Å². The molecule has 0 atom stereocenters. The van der Waals surface area contributed by atoms with Crippen molar-refractivity contribution >= 4 is 17.3 Å². The van der Waals surface area contributed by atoms with Gasteiger partial charge in [0.15, 0.2) is 11.6 Å². The summed E-state index contributed by atoms with van der Waals surface area (Å²) in [4.78, 5) is 14.3. The van der Waals surface area contributed by atoms with E-state index in [2.05, 4.69) is 22.8 Å². The molecule has 8 heteroatoms. The van der Waals surface area contributed by atoms with Crippen LogP contribution in [0.4, 0.5) is 24.5 Å². The number of hydrogen-bond acceptors (Lipinski definition) is 4. The third-order valence-electron chi connectivity index (χ3n) is 5.69. The van der Waals surface area contributed by atoms with Crippen molar-refractivity contribution in [3.63, 3.8) is 0 Å². The number of aryl methyl sites for hydroxylation is 1. The number of benzene rings is 2. The standard InChI is InChI=1S/C23H24F3N3O2/c1-14-6-9-19(18(25)10-14)28-21-16(7-8-17(24)20(21)26)22(30)29-12-23(31,13-29)11-27-15-4-2-3-5-15/h2-3,6-10,15,27-28,31H,4-5,11-13H2,1H3. The zero-order valence-electron chi connectivity index (χ0n) is 17.1. The average molecular weight is 431 g/mol. The second-order valence-electron chi connectivity index (χ2n) is 8.30. The summed E-state index contributed by atoms with van der Waals surface area (Å²) in [5, 5.41) is 16.4. The number of amides is 1. The molecule has 1 heterocycles. The Morgan fingerprint density at radius 2 is 1.84 bits per heavy atom. The first-order valence-electron chi connectivity index (χ1n) is 10.2. The minimum Gasteiger partial charge on any atom is -0.385 e. The van der Waals surface area contributed by atoms with Crippen LogP contribution in [0.1, 0.15) is 28.8 Å². The summed E-state index contributed by atoms with van der Waals surface area (Å²) in [5.41, 5.74) is -1.04. The van der Waals surface area contributed by atoms with Gasteiger partial charge in [-0.2, -0.15) is 0 Å². The lowest BCUT2D eigenvalue weighted by Crippen LogP contribution is -2.67. The summed E-state index contributed by atoms with van der Waals surface area (Å²) in [6, 6.07) is 6.57. The minimum absolute atomic E-state index is 0.0658. The third kappa shape index (κ3) is 4.45. The molecule has 164 valence electrons. The van der Waals surface area contributed by atoms with E-state index >= 15 is 0 Å². The fraction of sp³-hybridized carbons (Fsp3) is 0.348. The topological polar surface area (TPSA) is 64.6 Å². The van der Waals surface area contributed by atoms with Crippen molar-refractivity contribution in [2.45, 2.75) is 31.4 Å². The number of carbonyl (C=O) groups is 1. The largest absolute Gasteiger partial charge is 0.385 e. The number of aliphatic hydroxyl groups is 1. The Morgan fingerprint density at radius 3 is 2.52 bits per heavy atom. The van der Waals surface area contributed by atoms with Gasteiger partial charge in [0, 0.05) is 12.6 Å². The van der Waals surface area contributed by atoms with E-state index in [-0.39, 0.29) is 30.4 Å². The molecular weight excluding hydrogens is 407 g/mol. The Hall–Kier alpha value is -2.84. The SMILES string of the molecule is Cc1ccc(Nc2c(C(=O)N3CC(O)(CNC4CC=CC4)C3)ccc(F)c2F)c(F)c1. The lowest BCUT2D eigenvalue weighted by Gasteiger charge is -2.47. The van der Waals surface area contributed by atoms with Crippen molar-refractivity contribution in [1.29, 1.82) is 0 Å². The van der Waals surface area contributed by atoms with Crippen LogP contribution < -0.4 is 10.6 Å². The molecule has 0 unspecified atom stereocenters. The van der Waals surface area contributed by atoms with Crippen LogP contribution in [0.2, 0.25) is 0 Å². The molecule has 2 aromatic rings. The highest BCUT2D eigenvalue weighted by atomic mass is 19.2. The van der Waals surface area contributed by atoms with Crippen molar-refractivity contribution < 1.29 is 23.1 Å². The minimum atomic E-state index is -1.27. The number of nitrogens with zero attached hydrogens (tertiary/aromatic N) is 1. The summed E-state index contributed by atoms with van der Waals surface area (Å²) in [6.45, 7) is 2.17. The maximum absolute atomic E-state index is 14.6. The molecule has 1 amide bonds. The molecule has 0 spiro atoms. The lowest BCUT2D eigenvalue weighted by atomic mass is 9.92. The maximum Gasteiger partial charge on any atom is 0.256 e. The summed E-state index contributed by atoms with van der Waals surface area (Å²) in [5.74, 6) is -3.63. The molecule has 0 bridgehead atoms. The number of nitrogens with one attached hydrogen (secondary N) is 2. The molecular formula is C23H24F3N3O2. The molecule has 1 saturated heterocycles. The number of hydrogen-bond donors (Lipinski definition) is 3. The van der Waals surface area contributed by atoms with Crippen molar-refractivity contribution in [3.05, 3.63) is 71.1 Å². The number of β-amino-alcohol motifs (C(OH)–C–C–N with tert-alkyl or cyclic N) is 1. The molecule has 1 aliphatic heterocycles. The Kier molecular flexibility index (Phi) is 5.77. The Balaban J connectivity index is 1.49. The van der Waals surface area contributed by atoms with Gasteiger partial charge in [-0.05, 0) is 49.6 Å². The number of anilines is 2. The number of likely N-dealkylation sites (tertiary alicyclic amines) is 1. The number of halogens is 3. The van der Waals surface area contributed by atoms with E-state index in [1.165, 1.54) is 17.0 Å². The van der Waals surface area contributed by atoms with Gasteiger partial charge in [-0.3, -0.25) is 4.79 Å². The van der Waals surface area contributed by atoms with E-state index in [4.69, 9.17) is 0 Å². The normalized spacial score (nSPS) is 17.6. The van der Waals surface area contributed by atoms with Crippen LogP contribution in [-0.2, 0) is 0 Å². The van der Waals surface area contributed by atoms with Crippen molar-refractivity contribution in [1.82, 2.24) is 10.2 Å². The summed E-state index contributed by atoms with van der Waals surface area (Å²) in [6.07, 6.45) is 5.95. The molecule has 31 heavy (non-hydrogen) atoms. The highest BCUT2D eigenvalue weighted by Crippen LogP contribution is 2.31. The van der Waals surface area contributed by atoms with Crippen LogP contribution >= 0.6 is 0 Å². The quantitative estimate of drug-likeness (QED) is 0.611. The van der Waals surface area contributed by atoms with E-state index in [1.54, 1.807) is 13.0 Å². The van der Waals surface area contributed by atoms with Crippen LogP contribution in [-0.4, -0.2) is 47.2 Å². The predicted octanol–water partition coefficient (Wildman–Crippen LogP) is 3.65. The van der Waals surface area contributed by atoms with Gasteiger partial charge in [0.25, 0.3) is 5.91 Å². The highest BCUT2D eigenvalue weighted by molar-refractivity contribution is 6.01. The molecule has 2 aliphatic rings. The van der Waals surface area contributed by atoms with Crippen molar-refractivity contribution in [2.75, 3.05) is 25.0 Å². The fourth-order valence-electron chi connectivity index (χ4n) is 3.92. The molecule has 2 aromatic carbocycles. The van der Waals surface area contributed by atoms with E-state index < -0.39 is 34.6 Å². The molecule has 1 aliphatic carbocycles. The van der Waals surface area contributed by atoms with Gasteiger partial charge < -0.3 is 20.6 Å². The van der Waals surface area contributed by atoms with Crippen LogP contribution in [0.3, 0.4) is 0 Å². The zero-order valence-corrected chi connectivity index (χ0v) is 17.1.